The predicted molar refractivity (Wildman–Crippen MR) is 268 cm³/mol. The van der Waals surface area contributed by atoms with Gasteiger partial charge in [-0.1, -0.05) is 196 Å². The molecule has 11 aromatic rings. The average molecular weight is 836 g/mol. The summed E-state index contributed by atoms with van der Waals surface area (Å²) in [7, 11) is 0. The predicted octanol–water partition coefficient (Wildman–Crippen LogP) is 16.2. The molecule has 0 saturated carbocycles. The van der Waals surface area contributed by atoms with Gasteiger partial charge in [-0.05, 0) is 97.1 Å². The Balaban J connectivity index is 0.950. The fourth-order valence-corrected chi connectivity index (χ4v) is 10.9. The Hall–Kier alpha value is -7.79. The minimum atomic E-state index is -0.138. The van der Waals surface area contributed by atoms with Crippen LogP contribution >= 0.6 is 11.3 Å². The van der Waals surface area contributed by atoms with Crippen LogP contribution in [0.2, 0.25) is 0 Å². The fourth-order valence-electron chi connectivity index (χ4n) is 9.82. The lowest BCUT2D eigenvalue weighted by atomic mass is 9.79. The van der Waals surface area contributed by atoms with Gasteiger partial charge >= 0.3 is 0 Å². The molecule has 0 bridgehead atoms. The summed E-state index contributed by atoms with van der Waals surface area (Å²) in [5.41, 5.74) is 17.6. The molecule has 64 heavy (non-hydrogen) atoms. The lowest BCUT2D eigenvalue weighted by Crippen LogP contribution is -2.16. The highest BCUT2D eigenvalue weighted by molar-refractivity contribution is 7.26. The maximum atomic E-state index is 5.26. The van der Waals surface area contributed by atoms with Gasteiger partial charge in [0.25, 0.3) is 0 Å². The van der Waals surface area contributed by atoms with E-state index in [-0.39, 0.29) is 5.41 Å². The number of hydrogen-bond donors (Lipinski definition) is 0. The Kier molecular flexibility index (Phi) is 9.03. The zero-order chi connectivity index (χ0) is 42.8. The van der Waals surface area contributed by atoms with Gasteiger partial charge in [0.15, 0.2) is 17.5 Å². The van der Waals surface area contributed by atoms with Crippen molar-refractivity contribution in [2.75, 3.05) is 0 Å². The van der Waals surface area contributed by atoms with Gasteiger partial charge in [-0.2, -0.15) is 0 Å². The topological polar surface area (TPSA) is 38.7 Å². The molecule has 0 fully saturated rings. The summed E-state index contributed by atoms with van der Waals surface area (Å²) in [6.07, 6.45) is 0. The summed E-state index contributed by atoms with van der Waals surface area (Å²) in [6.45, 7) is 4.68. The summed E-state index contributed by atoms with van der Waals surface area (Å²) in [6, 6.07) is 76.1. The average Bonchev–Trinajstić information content (AvgIpc) is 3.86. The van der Waals surface area contributed by atoms with E-state index in [4.69, 9.17) is 15.0 Å². The number of hydrogen-bond acceptors (Lipinski definition) is 4. The lowest BCUT2D eigenvalue weighted by molar-refractivity contribution is 0.662. The Bertz CT molecular complexity index is 3570. The Labute approximate surface area is 377 Å². The van der Waals surface area contributed by atoms with Crippen LogP contribution in [0.25, 0.3) is 110 Å². The van der Waals surface area contributed by atoms with Gasteiger partial charge in [0.1, 0.15) is 0 Å². The molecule has 0 aliphatic heterocycles. The third-order valence-electron chi connectivity index (χ3n) is 12.9. The first-order valence-corrected chi connectivity index (χ1v) is 22.7. The molecule has 0 radical (unpaired) electrons. The smallest absolute Gasteiger partial charge is 0.164 e. The van der Waals surface area contributed by atoms with Crippen LogP contribution in [0.3, 0.4) is 0 Å². The van der Waals surface area contributed by atoms with Crippen molar-refractivity contribution < 1.29 is 0 Å². The second-order valence-electron chi connectivity index (χ2n) is 17.2. The van der Waals surface area contributed by atoms with E-state index in [9.17, 15) is 0 Å². The molecule has 302 valence electrons. The summed E-state index contributed by atoms with van der Waals surface area (Å²) in [5.74, 6) is 1.92. The highest BCUT2D eigenvalue weighted by Crippen LogP contribution is 2.52. The van der Waals surface area contributed by atoms with Gasteiger partial charge in [0.2, 0.25) is 0 Å². The van der Waals surface area contributed by atoms with Gasteiger partial charge in [-0.25, -0.2) is 15.0 Å². The lowest BCUT2D eigenvalue weighted by Gasteiger charge is -2.24. The quantitative estimate of drug-likeness (QED) is 0.161. The second kappa shape index (κ2) is 15.2. The monoisotopic (exact) mass is 835 g/mol. The standard InChI is InChI=1S/C60H41N3S/c1-60(2)52-27-10-9-23-49(52)50-26-13-25-48(56(50)60)44-20-12-22-46(36-44)59-62-57(41-17-7-4-8-18-41)61-58(63-59)45-21-11-19-43(35-45)47-24-14-28-54-55(47)51-37-42(33-34-53(51)64-54)40-31-29-39(30-32-40)38-15-5-3-6-16-38/h3-37H,1-2H3. The summed E-state index contributed by atoms with van der Waals surface area (Å²) in [4.78, 5) is 15.6. The van der Waals surface area contributed by atoms with Crippen molar-refractivity contribution in [3.05, 3.63) is 223 Å². The zero-order valence-electron chi connectivity index (χ0n) is 35.5. The first-order valence-electron chi connectivity index (χ1n) is 21.8. The van der Waals surface area contributed by atoms with E-state index in [0.29, 0.717) is 17.5 Å². The SMILES string of the molecule is CC1(C)c2ccccc2-c2cccc(-c3cccc(-c4nc(-c5ccccc5)nc(-c5cccc(-c6cccc7sc8ccc(-c9ccc(-c%10ccccc%10)cc9)cc8c67)c5)n4)c3)c21. The number of fused-ring (bicyclic) bond motifs is 6. The molecule has 0 unspecified atom stereocenters. The minimum absolute atomic E-state index is 0.138. The van der Waals surface area contributed by atoms with Crippen molar-refractivity contribution in [3.63, 3.8) is 0 Å². The maximum Gasteiger partial charge on any atom is 0.164 e. The zero-order valence-corrected chi connectivity index (χ0v) is 36.3. The van der Waals surface area contributed by atoms with Gasteiger partial charge in [-0.3, -0.25) is 0 Å². The maximum absolute atomic E-state index is 5.26. The van der Waals surface area contributed by atoms with Crippen molar-refractivity contribution in [1.29, 1.82) is 0 Å². The van der Waals surface area contributed by atoms with Crippen LogP contribution in [0.1, 0.15) is 25.0 Å². The van der Waals surface area contributed by atoms with Crippen molar-refractivity contribution in [3.8, 4) is 89.8 Å². The number of benzene rings is 9. The number of rotatable bonds is 7. The van der Waals surface area contributed by atoms with Gasteiger partial charge < -0.3 is 0 Å². The van der Waals surface area contributed by atoms with E-state index in [1.54, 1.807) is 0 Å². The first-order chi connectivity index (χ1) is 31.5. The van der Waals surface area contributed by atoms with E-state index >= 15 is 0 Å². The highest BCUT2D eigenvalue weighted by atomic mass is 32.1. The van der Waals surface area contributed by atoms with E-state index in [1.165, 1.54) is 75.8 Å². The Morgan fingerprint density at radius 2 is 0.797 bits per heavy atom. The van der Waals surface area contributed by atoms with Crippen molar-refractivity contribution in [2.45, 2.75) is 19.3 Å². The molecule has 2 heterocycles. The van der Waals surface area contributed by atoms with Crippen LogP contribution in [-0.2, 0) is 5.41 Å². The van der Waals surface area contributed by atoms with E-state index in [1.807, 2.05) is 29.5 Å². The minimum Gasteiger partial charge on any atom is -0.208 e. The highest BCUT2D eigenvalue weighted by Gasteiger charge is 2.37. The van der Waals surface area contributed by atoms with Gasteiger partial charge in [-0.15, -0.1) is 11.3 Å². The molecule has 0 amide bonds. The van der Waals surface area contributed by atoms with Gasteiger partial charge in [0.05, 0.1) is 0 Å². The van der Waals surface area contributed by atoms with Crippen LogP contribution in [0.4, 0.5) is 0 Å². The molecular formula is C60H41N3S. The molecule has 0 atom stereocenters. The van der Waals surface area contributed by atoms with Crippen molar-refractivity contribution >= 4 is 31.5 Å². The molecule has 12 rings (SSSR count). The molecule has 4 heteroatoms. The van der Waals surface area contributed by atoms with Crippen LogP contribution in [0, 0.1) is 0 Å². The summed E-state index contributed by atoms with van der Waals surface area (Å²) >= 11 is 1.84. The summed E-state index contributed by atoms with van der Waals surface area (Å²) < 4.78 is 2.54. The molecule has 1 aliphatic rings. The molecule has 0 saturated heterocycles. The molecule has 0 N–H and O–H groups in total. The Morgan fingerprint density at radius 1 is 0.328 bits per heavy atom. The van der Waals surface area contributed by atoms with Crippen molar-refractivity contribution in [1.82, 2.24) is 15.0 Å². The van der Waals surface area contributed by atoms with Crippen molar-refractivity contribution in [2.24, 2.45) is 0 Å². The number of thiophene rings is 1. The third-order valence-corrected chi connectivity index (χ3v) is 14.1. The number of nitrogens with zero attached hydrogens (tertiary/aromatic N) is 3. The third kappa shape index (κ3) is 6.45. The molecule has 9 aromatic carbocycles. The molecule has 1 aliphatic carbocycles. The second-order valence-corrected chi connectivity index (χ2v) is 18.3. The van der Waals surface area contributed by atoms with Crippen LogP contribution < -0.4 is 0 Å². The molecular weight excluding hydrogens is 795 g/mol. The van der Waals surface area contributed by atoms with E-state index in [2.05, 4.69) is 208 Å². The fraction of sp³-hybridized carbons (Fsp3) is 0.0500. The summed E-state index contributed by atoms with van der Waals surface area (Å²) in [5, 5.41) is 2.52. The van der Waals surface area contributed by atoms with E-state index in [0.717, 1.165) is 27.8 Å². The first kappa shape index (κ1) is 37.9. The molecule has 3 nitrogen and oxygen atoms in total. The molecule has 2 aromatic heterocycles. The normalized spacial score (nSPS) is 12.7. The van der Waals surface area contributed by atoms with Crippen LogP contribution in [-0.4, -0.2) is 15.0 Å². The number of aromatic nitrogens is 3. The van der Waals surface area contributed by atoms with Crippen LogP contribution in [0.5, 0.6) is 0 Å². The van der Waals surface area contributed by atoms with E-state index < -0.39 is 0 Å². The van der Waals surface area contributed by atoms with Crippen LogP contribution in [0.15, 0.2) is 212 Å². The van der Waals surface area contributed by atoms with Gasteiger partial charge in [0, 0.05) is 42.3 Å². The largest absolute Gasteiger partial charge is 0.208 e. The molecule has 0 spiro atoms. The Morgan fingerprint density at radius 3 is 1.50 bits per heavy atom.